The van der Waals surface area contributed by atoms with Gasteiger partial charge in [0.15, 0.2) is 0 Å². The van der Waals surface area contributed by atoms with Crippen LogP contribution in [-0.4, -0.2) is 17.6 Å². The first-order valence-corrected chi connectivity index (χ1v) is 6.12. The van der Waals surface area contributed by atoms with Gasteiger partial charge in [0.25, 0.3) is 0 Å². The van der Waals surface area contributed by atoms with E-state index < -0.39 is 5.97 Å². The number of nitrogens with two attached hydrogens (primary N) is 1. The third kappa shape index (κ3) is 2.76. The van der Waals surface area contributed by atoms with E-state index in [2.05, 4.69) is 27.7 Å². The number of hydrogen-bond donors (Lipinski definition) is 2. The van der Waals surface area contributed by atoms with Gasteiger partial charge in [0.2, 0.25) is 0 Å². The molecule has 16 heavy (non-hydrogen) atoms. The summed E-state index contributed by atoms with van der Waals surface area (Å²) >= 11 is 0. The zero-order valence-corrected chi connectivity index (χ0v) is 10.9. The minimum Gasteiger partial charge on any atom is -0.481 e. The Kier molecular flexibility index (Phi) is 3.68. The summed E-state index contributed by atoms with van der Waals surface area (Å²) in [5.41, 5.74) is 5.90. The van der Waals surface area contributed by atoms with Gasteiger partial charge in [0.1, 0.15) is 0 Å². The molecule has 0 heterocycles. The summed E-state index contributed by atoms with van der Waals surface area (Å²) in [6.07, 6.45) is 2.14. The van der Waals surface area contributed by atoms with E-state index in [1.165, 1.54) is 0 Å². The van der Waals surface area contributed by atoms with Crippen LogP contribution < -0.4 is 5.73 Å². The molecular weight excluding hydrogens is 202 g/mol. The summed E-state index contributed by atoms with van der Waals surface area (Å²) in [5.74, 6) is 0.436. The predicted octanol–water partition coefficient (Wildman–Crippen LogP) is 2.50. The molecule has 0 saturated heterocycles. The molecule has 0 aromatic heterocycles. The van der Waals surface area contributed by atoms with Gasteiger partial charge in [0.05, 0.1) is 6.42 Å². The smallest absolute Gasteiger partial charge is 0.303 e. The van der Waals surface area contributed by atoms with Gasteiger partial charge in [0, 0.05) is 0 Å². The first kappa shape index (κ1) is 13.5. The van der Waals surface area contributed by atoms with E-state index in [1.807, 2.05) is 0 Å². The van der Waals surface area contributed by atoms with Crippen molar-refractivity contribution in [2.45, 2.75) is 47.0 Å². The number of rotatable bonds is 3. The maximum atomic E-state index is 10.9. The summed E-state index contributed by atoms with van der Waals surface area (Å²) in [7, 11) is 0. The van der Waals surface area contributed by atoms with Gasteiger partial charge in [-0.25, -0.2) is 0 Å². The van der Waals surface area contributed by atoms with Crippen molar-refractivity contribution in [2.24, 2.45) is 28.4 Å². The van der Waals surface area contributed by atoms with Crippen LogP contribution in [0.15, 0.2) is 0 Å². The minimum atomic E-state index is -0.716. The Hall–Kier alpha value is -0.570. The average molecular weight is 227 g/mol. The normalized spacial score (nSPS) is 35.3. The van der Waals surface area contributed by atoms with Crippen LogP contribution in [0.2, 0.25) is 0 Å². The number of aliphatic carboxylic acids is 1. The zero-order chi connectivity index (χ0) is 12.6. The van der Waals surface area contributed by atoms with Gasteiger partial charge < -0.3 is 10.8 Å². The molecule has 0 aliphatic heterocycles. The van der Waals surface area contributed by atoms with E-state index in [1.54, 1.807) is 0 Å². The molecule has 0 bridgehead atoms. The highest BCUT2D eigenvalue weighted by Gasteiger charge is 2.47. The quantitative estimate of drug-likeness (QED) is 0.778. The second kappa shape index (κ2) is 4.36. The van der Waals surface area contributed by atoms with Crippen molar-refractivity contribution in [1.29, 1.82) is 0 Å². The molecule has 0 aromatic carbocycles. The van der Waals surface area contributed by atoms with Crippen LogP contribution >= 0.6 is 0 Å². The van der Waals surface area contributed by atoms with Crippen molar-refractivity contribution in [2.75, 3.05) is 6.54 Å². The molecule has 1 aliphatic carbocycles. The summed E-state index contributed by atoms with van der Waals surface area (Å²) in [6.45, 7) is 9.44. The lowest BCUT2D eigenvalue weighted by Crippen LogP contribution is -2.31. The van der Waals surface area contributed by atoms with Gasteiger partial charge in [-0.05, 0) is 42.1 Å². The fraction of sp³-hybridized carbons (Fsp3) is 0.923. The highest BCUT2D eigenvalue weighted by molar-refractivity contribution is 5.67. The molecule has 94 valence electrons. The number of hydrogen-bond acceptors (Lipinski definition) is 2. The average Bonchev–Trinajstić information content (AvgIpc) is 2.42. The van der Waals surface area contributed by atoms with Crippen LogP contribution in [0.25, 0.3) is 0 Å². The van der Waals surface area contributed by atoms with E-state index >= 15 is 0 Å². The molecule has 1 saturated carbocycles. The Morgan fingerprint density at radius 3 is 2.31 bits per heavy atom. The van der Waals surface area contributed by atoms with E-state index in [0.717, 1.165) is 12.8 Å². The highest BCUT2D eigenvalue weighted by Crippen LogP contribution is 2.53. The molecule has 3 atom stereocenters. The van der Waals surface area contributed by atoms with Gasteiger partial charge >= 0.3 is 5.97 Å². The van der Waals surface area contributed by atoms with E-state index in [-0.39, 0.29) is 17.3 Å². The minimum absolute atomic E-state index is 0.163. The van der Waals surface area contributed by atoms with Crippen LogP contribution in [-0.2, 0) is 4.79 Å². The van der Waals surface area contributed by atoms with Crippen molar-refractivity contribution >= 4 is 5.97 Å². The Bertz CT molecular complexity index is 270. The third-order valence-electron chi connectivity index (χ3n) is 4.17. The van der Waals surface area contributed by atoms with Gasteiger partial charge in [-0.15, -0.1) is 0 Å². The van der Waals surface area contributed by atoms with Crippen LogP contribution in [0.1, 0.15) is 47.0 Å². The van der Waals surface area contributed by atoms with Gasteiger partial charge in [-0.2, -0.15) is 0 Å². The topological polar surface area (TPSA) is 63.3 Å². The molecule has 1 fully saturated rings. The largest absolute Gasteiger partial charge is 0.481 e. The molecule has 0 spiro atoms. The van der Waals surface area contributed by atoms with Crippen molar-refractivity contribution < 1.29 is 9.90 Å². The van der Waals surface area contributed by atoms with Crippen LogP contribution in [0.3, 0.4) is 0 Å². The van der Waals surface area contributed by atoms with Crippen molar-refractivity contribution in [1.82, 2.24) is 0 Å². The second-order valence-electron chi connectivity index (χ2n) is 6.63. The molecule has 3 unspecified atom stereocenters. The van der Waals surface area contributed by atoms with E-state index in [9.17, 15) is 4.79 Å². The molecule has 1 aliphatic rings. The molecule has 3 nitrogen and oxygen atoms in total. The molecule has 0 amide bonds. The first-order valence-electron chi connectivity index (χ1n) is 6.12. The molecule has 3 N–H and O–H groups in total. The van der Waals surface area contributed by atoms with Crippen LogP contribution in [0.5, 0.6) is 0 Å². The summed E-state index contributed by atoms with van der Waals surface area (Å²) < 4.78 is 0. The SMILES string of the molecule is CC1CC(CN)(CC(=O)O)CC1C(C)(C)C. The first-order chi connectivity index (χ1) is 7.20. The monoisotopic (exact) mass is 227 g/mol. The number of carboxylic acids is 1. The molecule has 3 heteroatoms. The lowest BCUT2D eigenvalue weighted by atomic mass is 9.74. The molecule has 0 aromatic rings. The Labute approximate surface area is 98.4 Å². The standard InChI is InChI=1S/C13H25NO2/c1-9-5-13(8-14,7-11(15)16)6-10(9)12(2,3)4/h9-10H,5-8,14H2,1-4H3,(H,15,16). The summed E-state index contributed by atoms with van der Waals surface area (Å²) in [6, 6.07) is 0. The summed E-state index contributed by atoms with van der Waals surface area (Å²) in [5, 5.41) is 8.99. The van der Waals surface area contributed by atoms with Crippen LogP contribution in [0.4, 0.5) is 0 Å². The van der Waals surface area contributed by atoms with Crippen molar-refractivity contribution in [3.05, 3.63) is 0 Å². The Balaban J connectivity index is 2.83. The predicted molar refractivity (Wildman–Crippen MR) is 65.1 cm³/mol. The van der Waals surface area contributed by atoms with Crippen molar-refractivity contribution in [3.8, 4) is 0 Å². The lowest BCUT2D eigenvalue weighted by molar-refractivity contribution is -0.139. The maximum Gasteiger partial charge on any atom is 0.303 e. The zero-order valence-electron chi connectivity index (χ0n) is 10.9. The fourth-order valence-corrected chi connectivity index (χ4v) is 3.44. The van der Waals surface area contributed by atoms with Gasteiger partial charge in [-0.3, -0.25) is 4.79 Å². The molecule has 1 rings (SSSR count). The fourth-order valence-electron chi connectivity index (χ4n) is 3.44. The second-order valence-corrected chi connectivity index (χ2v) is 6.63. The highest BCUT2D eigenvalue weighted by atomic mass is 16.4. The van der Waals surface area contributed by atoms with Crippen LogP contribution in [0, 0.1) is 22.7 Å². The third-order valence-corrected chi connectivity index (χ3v) is 4.17. The van der Waals surface area contributed by atoms with Crippen molar-refractivity contribution in [3.63, 3.8) is 0 Å². The molecular formula is C13H25NO2. The molecule has 0 radical (unpaired) electrons. The van der Waals surface area contributed by atoms with Gasteiger partial charge in [-0.1, -0.05) is 27.7 Å². The number of carboxylic acid groups (broad SMARTS) is 1. The number of carbonyl (C=O) groups is 1. The Morgan fingerprint density at radius 2 is 2.00 bits per heavy atom. The summed E-state index contributed by atoms with van der Waals surface area (Å²) in [4.78, 5) is 10.9. The van der Waals surface area contributed by atoms with E-state index in [4.69, 9.17) is 10.8 Å². The maximum absolute atomic E-state index is 10.9. The lowest BCUT2D eigenvalue weighted by Gasteiger charge is -2.32. The van der Waals surface area contributed by atoms with E-state index in [0.29, 0.717) is 18.4 Å². The Morgan fingerprint density at radius 1 is 1.44 bits per heavy atom.